The van der Waals surface area contributed by atoms with Gasteiger partial charge in [-0.15, -0.1) is 0 Å². The van der Waals surface area contributed by atoms with Gasteiger partial charge in [-0.05, 0) is 94.1 Å². The van der Waals surface area contributed by atoms with Crippen molar-refractivity contribution in [2.45, 2.75) is 46.1 Å². The number of aromatic nitrogens is 4. The Kier molecular flexibility index (Phi) is 7.75. The van der Waals surface area contributed by atoms with Crippen LogP contribution in [0.15, 0.2) is 65.6 Å². The van der Waals surface area contributed by atoms with Crippen molar-refractivity contribution < 1.29 is 4.39 Å². The van der Waals surface area contributed by atoms with Gasteiger partial charge in [0.2, 0.25) is 5.95 Å². The van der Waals surface area contributed by atoms with E-state index in [0.29, 0.717) is 39.4 Å². The number of fused-ring (bicyclic) bond motifs is 1. The van der Waals surface area contributed by atoms with Crippen molar-refractivity contribution in [1.29, 1.82) is 0 Å². The number of hydrogen-bond donors (Lipinski definition) is 2. The zero-order chi connectivity index (χ0) is 29.4. The third kappa shape index (κ3) is 5.40. The lowest BCUT2D eigenvalue weighted by molar-refractivity contribution is 0.445. The van der Waals surface area contributed by atoms with Crippen LogP contribution in [0.1, 0.15) is 42.6 Å². The van der Waals surface area contributed by atoms with E-state index in [-0.39, 0.29) is 23.2 Å². The summed E-state index contributed by atoms with van der Waals surface area (Å²) in [5.41, 5.74) is 6.49. The molecule has 0 unspecified atom stereocenters. The Morgan fingerprint density at radius 2 is 1.79 bits per heavy atom. The molecule has 0 saturated carbocycles. The van der Waals surface area contributed by atoms with Gasteiger partial charge in [-0.1, -0.05) is 35.9 Å². The summed E-state index contributed by atoms with van der Waals surface area (Å²) >= 11 is 6.76. The fraction of sp³-hybridized carbons (Fsp3) is 0.273. The van der Waals surface area contributed by atoms with Gasteiger partial charge in [0.25, 0.3) is 5.56 Å². The largest absolute Gasteiger partial charge is 0.324 e. The molecule has 1 saturated heterocycles. The first-order valence-corrected chi connectivity index (χ1v) is 14.6. The Morgan fingerprint density at radius 3 is 2.50 bits per heavy atom. The Morgan fingerprint density at radius 1 is 1.00 bits per heavy atom. The summed E-state index contributed by atoms with van der Waals surface area (Å²) in [5, 5.41) is 7.60. The van der Waals surface area contributed by atoms with Crippen molar-refractivity contribution in [3.05, 3.63) is 98.9 Å². The van der Waals surface area contributed by atoms with Gasteiger partial charge in [0.05, 0.1) is 0 Å². The maximum absolute atomic E-state index is 15.0. The summed E-state index contributed by atoms with van der Waals surface area (Å²) in [4.78, 5) is 27.3. The van der Waals surface area contributed by atoms with Crippen molar-refractivity contribution in [2.75, 3.05) is 18.4 Å². The SMILES string of the molecule is CCn1c(=O)c(-c2ccc(-c3ccc(C)nc3C)cc2Cl)cc2cnc(Nc3ccc(C4CCNCC4)c(F)c3)nc21. The van der Waals surface area contributed by atoms with Crippen LogP contribution >= 0.6 is 11.6 Å². The maximum atomic E-state index is 15.0. The lowest BCUT2D eigenvalue weighted by Crippen LogP contribution is -2.27. The van der Waals surface area contributed by atoms with Gasteiger partial charge < -0.3 is 10.6 Å². The number of hydrogen-bond acceptors (Lipinski definition) is 6. The summed E-state index contributed by atoms with van der Waals surface area (Å²) in [6.45, 7) is 8.03. The van der Waals surface area contributed by atoms with Crippen molar-refractivity contribution in [3.8, 4) is 22.3 Å². The highest BCUT2D eigenvalue weighted by Gasteiger charge is 2.20. The van der Waals surface area contributed by atoms with E-state index in [1.807, 2.05) is 63.2 Å². The molecule has 0 amide bonds. The molecular formula is C33H32ClFN6O. The number of rotatable bonds is 6. The Labute approximate surface area is 248 Å². The fourth-order valence-corrected chi connectivity index (χ4v) is 6.08. The molecule has 0 bridgehead atoms. The van der Waals surface area contributed by atoms with Crippen molar-refractivity contribution in [2.24, 2.45) is 0 Å². The molecule has 9 heteroatoms. The van der Waals surface area contributed by atoms with E-state index in [2.05, 4.69) is 25.6 Å². The van der Waals surface area contributed by atoms with Crippen LogP contribution in [0.25, 0.3) is 33.3 Å². The third-order valence-corrected chi connectivity index (χ3v) is 8.29. The quantitative estimate of drug-likeness (QED) is 0.221. The van der Waals surface area contributed by atoms with Crippen molar-refractivity contribution in [1.82, 2.24) is 24.8 Å². The minimum absolute atomic E-state index is 0.199. The number of anilines is 2. The third-order valence-electron chi connectivity index (χ3n) is 7.97. The van der Waals surface area contributed by atoms with Crippen LogP contribution in [-0.2, 0) is 6.54 Å². The second-order valence-electron chi connectivity index (χ2n) is 10.7. The number of benzene rings is 2. The van der Waals surface area contributed by atoms with Crippen LogP contribution in [0.4, 0.5) is 16.0 Å². The summed E-state index contributed by atoms with van der Waals surface area (Å²) in [7, 11) is 0. The first-order chi connectivity index (χ1) is 20.3. The van der Waals surface area contributed by atoms with Gasteiger partial charge in [0.15, 0.2) is 0 Å². The molecule has 4 heterocycles. The standard InChI is InChI=1S/C33H32ClFN6O/c1-4-41-31-23(18-37-33(40-31)39-24-7-10-26(30(35)17-24)21-11-13-36-14-12-21)15-28(32(41)42)27-9-6-22(16-29(27)34)25-8-5-19(2)38-20(25)3/h5-10,15-18,21,36H,4,11-14H2,1-3H3,(H,37,39,40). The van der Waals surface area contributed by atoms with Gasteiger partial charge in [-0.3, -0.25) is 14.3 Å². The van der Waals surface area contributed by atoms with E-state index in [9.17, 15) is 9.18 Å². The number of halogens is 2. The molecule has 2 aromatic carbocycles. The zero-order valence-electron chi connectivity index (χ0n) is 23.8. The van der Waals surface area contributed by atoms with Crippen molar-refractivity contribution >= 4 is 34.3 Å². The first kappa shape index (κ1) is 28.0. The van der Waals surface area contributed by atoms with Crippen molar-refractivity contribution in [3.63, 3.8) is 0 Å². The lowest BCUT2D eigenvalue weighted by atomic mass is 9.90. The summed E-state index contributed by atoms with van der Waals surface area (Å²) in [6, 6.07) is 16.7. The van der Waals surface area contributed by atoms with E-state index >= 15 is 0 Å². The van der Waals surface area contributed by atoms with E-state index in [0.717, 1.165) is 54.0 Å². The molecule has 6 rings (SSSR count). The number of piperidine rings is 1. The Hall–Kier alpha value is -4.14. The maximum Gasteiger partial charge on any atom is 0.260 e. The molecule has 0 radical (unpaired) electrons. The van der Waals surface area contributed by atoms with Gasteiger partial charge in [-0.2, -0.15) is 4.98 Å². The van der Waals surface area contributed by atoms with Crippen LogP contribution in [0.5, 0.6) is 0 Å². The van der Waals surface area contributed by atoms with E-state index in [1.54, 1.807) is 16.8 Å². The minimum atomic E-state index is -0.237. The average Bonchev–Trinajstić information content (AvgIpc) is 2.98. The normalized spacial score (nSPS) is 13.9. The molecule has 1 aliphatic heterocycles. The molecule has 0 spiro atoms. The highest BCUT2D eigenvalue weighted by Crippen LogP contribution is 2.33. The smallest absolute Gasteiger partial charge is 0.260 e. The average molecular weight is 583 g/mol. The molecule has 2 N–H and O–H groups in total. The van der Waals surface area contributed by atoms with Crippen LogP contribution < -0.4 is 16.2 Å². The summed E-state index contributed by atoms with van der Waals surface area (Å²) in [6.07, 6.45) is 3.52. The molecule has 1 fully saturated rings. The molecule has 42 heavy (non-hydrogen) atoms. The van der Waals surface area contributed by atoms with Gasteiger partial charge >= 0.3 is 0 Å². The molecule has 1 aliphatic rings. The molecule has 7 nitrogen and oxygen atoms in total. The zero-order valence-corrected chi connectivity index (χ0v) is 24.6. The van der Waals surface area contributed by atoms with Gasteiger partial charge in [0.1, 0.15) is 11.5 Å². The molecule has 214 valence electrons. The highest BCUT2D eigenvalue weighted by atomic mass is 35.5. The van der Waals surface area contributed by atoms with Gasteiger partial charge in [0, 0.05) is 56.9 Å². The van der Waals surface area contributed by atoms with Gasteiger partial charge in [-0.25, -0.2) is 9.37 Å². The molecule has 5 aromatic rings. The van der Waals surface area contributed by atoms with Crippen LogP contribution in [0, 0.1) is 19.7 Å². The summed E-state index contributed by atoms with van der Waals surface area (Å²) < 4.78 is 16.6. The summed E-state index contributed by atoms with van der Waals surface area (Å²) in [5.74, 6) is 0.272. The van der Waals surface area contributed by atoms with E-state index < -0.39 is 0 Å². The predicted molar refractivity (Wildman–Crippen MR) is 167 cm³/mol. The number of aryl methyl sites for hydroxylation is 3. The number of nitrogens with zero attached hydrogens (tertiary/aromatic N) is 4. The topological polar surface area (TPSA) is 84.7 Å². The second-order valence-corrected chi connectivity index (χ2v) is 11.2. The van der Waals surface area contributed by atoms with E-state index in [4.69, 9.17) is 11.6 Å². The monoisotopic (exact) mass is 582 g/mol. The Bertz CT molecular complexity index is 1860. The minimum Gasteiger partial charge on any atom is -0.324 e. The predicted octanol–water partition coefficient (Wildman–Crippen LogP) is 7.16. The van der Waals surface area contributed by atoms with Crippen LogP contribution in [0.2, 0.25) is 5.02 Å². The molecular weight excluding hydrogens is 551 g/mol. The highest BCUT2D eigenvalue weighted by molar-refractivity contribution is 6.33. The number of nitrogens with one attached hydrogen (secondary N) is 2. The fourth-order valence-electron chi connectivity index (χ4n) is 5.80. The molecule has 3 aromatic heterocycles. The molecule has 0 aliphatic carbocycles. The lowest BCUT2D eigenvalue weighted by Gasteiger charge is -2.23. The number of pyridine rings is 2. The Balaban J connectivity index is 1.32. The van der Waals surface area contributed by atoms with Crippen LogP contribution in [-0.4, -0.2) is 32.6 Å². The van der Waals surface area contributed by atoms with Crippen LogP contribution in [0.3, 0.4) is 0 Å². The second kappa shape index (κ2) is 11.6. The van der Waals surface area contributed by atoms with E-state index in [1.165, 1.54) is 6.07 Å². The first-order valence-electron chi connectivity index (χ1n) is 14.2. The molecule has 0 atom stereocenters.